The average Bonchev–Trinajstić information content (AvgIpc) is 2.16. The molecular formula is C10H15N3S. The highest BCUT2D eigenvalue weighted by Crippen LogP contribution is 2.01. The van der Waals surface area contributed by atoms with E-state index in [0.717, 1.165) is 12.2 Å². The van der Waals surface area contributed by atoms with Crippen LogP contribution in [0.3, 0.4) is 0 Å². The van der Waals surface area contributed by atoms with Gasteiger partial charge in [-0.3, -0.25) is 4.98 Å². The van der Waals surface area contributed by atoms with Gasteiger partial charge in [0, 0.05) is 12.7 Å². The van der Waals surface area contributed by atoms with E-state index in [-0.39, 0.29) is 0 Å². The fourth-order valence-corrected chi connectivity index (χ4v) is 1.11. The summed E-state index contributed by atoms with van der Waals surface area (Å²) in [4.78, 5) is 3.98. The number of anilines is 1. The van der Waals surface area contributed by atoms with E-state index in [1.54, 1.807) is 12.4 Å². The first-order valence-corrected chi connectivity index (χ1v) is 5.04. The summed E-state index contributed by atoms with van der Waals surface area (Å²) in [5.74, 6) is 0.587. The molecule has 1 rings (SSSR count). The molecule has 0 aliphatic carbocycles. The molecule has 3 nitrogen and oxygen atoms in total. The zero-order chi connectivity index (χ0) is 10.4. The summed E-state index contributed by atoms with van der Waals surface area (Å²) in [6, 6.07) is 3.80. The Morgan fingerprint density at radius 1 is 1.57 bits per heavy atom. The van der Waals surface area contributed by atoms with E-state index in [9.17, 15) is 0 Å². The Bertz CT molecular complexity index is 285. The Balaban J connectivity index is 2.35. The van der Waals surface area contributed by atoms with Crippen molar-refractivity contribution < 1.29 is 0 Å². The Labute approximate surface area is 89.9 Å². The third-order valence-electron chi connectivity index (χ3n) is 1.59. The van der Waals surface area contributed by atoms with Crippen LogP contribution in [0.1, 0.15) is 13.8 Å². The fourth-order valence-electron chi connectivity index (χ4n) is 0.909. The topological polar surface area (TPSA) is 37.0 Å². The molecule has 0 fully saturated rings. The number of aromatic nitrogens is 1. The predicted octanol–water partition coefficient (Wildman–Crippen LogP) is 2.02. The van der Waals surface area contributed by atoms with Crippen LogP contribution in [0, 0.1) is 5.92 Å². The van der Waals surface area contributed by atoms with Crippen molar-refractivity contribution in [1.29, 1.82) is 0 Å². The van der Waals surface area contributed by atoms with Crippen molar-refractivity contribution >= 4 is 23.0 Å². The van der Waals surface area contributed by atoms with Gasteiger partial charge in [0.15, 0.2) is 5.11 Å². The van der Waals surface area contributed by atoms with Crippen LogP contribution in [-0.4, -0.2) is 16.6 Å². The van der Waals surface area contributed by atoms with Crippen LogP contribution in [0.5, 0.6) is 0 Å². The second-order valence-electron chi connectivity index (χ2n) is 3.47. The molecule has 76 valence electrons. The third kappa shape index (κ3) is 4.18. The highest BCUT2D eigenvalue weighted by Gasteiger charge is 1.97. The summed E-state index contributed by atoms with van der Waals surface area (Å²) in [5, 5.41) is 6.82. The molecule has 0 atom stereocenters. The lowest BCUT2D eigenvalue weighted by atomic mass is 10.2. The summed E-state index contributed by atoms with van der Waals surface area (Å²) >= 11 is 5.10. The maximum Gasteiger partial charge on any atom is 0.170 e. The molecule has 2 N–H and O–H groups in total. The van der Waals surface area contributed by atoms with Crippen LogP contribution in [0.2, 0.25) is 0 Å². The SMILES string of the molecule is CC(C)CNC(=S)Nc1cccnc1. The molecule has 0 spiro atoms. The first-order chi connectivity index (χ1) is 6.68. The van der Waals surface area contributed by atoms with Crippen molar-refractivity contribution in [2.75, 3.05) is 11.9 Å². The molecule has 0 saturated heterocycles. The smallest absolute Gasteiger partial charge is 0.170 e. The number of rotatable bonds is 3. The van der Waals surface area contributed by atoms with Crippen LogP contribution in [-0.2, 0) is 0 Å². The molecular weight excluding hydrogens is 194 g/mol. The highest BCUT2D eigenvalue weighted by molar-refractivity contribution is 7.80. The summed E-state index contributed by atoms with van der Waals surface area (Å²) in [6.45, 7) is 5.16. The first kappa shape index (κ1) is 10.9. The van der Waals surface area contributed by atoms with Crippen LogP contribution in [0.4, 0.5) is 5.69 Å². The number of thiocarbonyl (C=S) groups is 1. The summed E-state index contributed by atoms with van der Waals surface area (Å²) in [5.41, 5.74) is 0.911. The van der Waals surface area contributed by atoms with Crippen molar-refractivity contribution in [2.45, 2.75) is 13.8 Å². The largest absolute Gasteiger partial charge is 0.362 e. The summed E-state index contributed by atoms with van der Waals surface area (Å²) in [6.07, 6.45) is 3.47. The number of nitrogens with zero attached hydrogens (tertiary/aromatic N) is 1. The Morgan fingerprint density at radius 3 is 2.93 bits per heavy atom. The van der Waals surface area contributed by atoms with Crippen molar-refractivity contribution in [3.05, 3.63) is 24.5 Å². The maximum absolute atomic E-state index is 5.10. The summed E-state index contributed by atoms with van der Waals surface area (Å²) in [7, 11) is 0. The predicted molar refractivity (Wildman–Crippen MR) is 63.3 cm³/mol. The molecule has 1 aromatic heterocycles. The molecule has 0 unspecified atom stereocenters. The molecule has 0 aliphatic rings. The zero-order valence-electron chi connectivity index (χ0n) is 8.45. The number of hydrogen-bond donors (Lipinski definition) is 2. The minimum Gasteiger partial charge on any atom is -0.362 e. The first-order valence-electron chi connectivity index (χ1n) is 4.63. The van der Waals surface area contributed by atoms with E-state index in [2.05, 4.69) is 29.5 Å². The molecule has 0 aliphatic heterocycles. The lowest BCUT2D eigenvalue weighted by Crippen LogP contribution is -2.31. The van der Waals surface area contributed by atoms with E-state index in [0.29, 0.717) is 11.0 Å². The zero-order valence-corrected chi connectivity index (χ0v) is 9.27. The van der Waals surface area contributed by atoms with E-state index in [1.165, 1.54) is 0 Å². The molecule has 1 aromatic rings. The molecule has 0 bridgehead atoms. The summed E-state index contributed by atoms with van der Waals surface area (Å²) < 4.78 is 0. The lowest BCUT2D eigenvalue weighted by molar-refractivity contribution is 0.627. The second-order valence-corrected chi connectivity index (χ2v) is 3.88. The van der Waals surface area contributed by atoms with E-state index in [4.69, 9.17) is 12.2 Å². The van der Waals surface area contributed by atoms with Crippen LogP contribution < -0.4 is 10.6 Å². The number of nitrogens with one attached hydrogen (secondary N) is 2. The lowest BCUT2D eigenvalue weighted by Gasteiger charge is -2.11. The molecule has 0 amide bonds. The normalized spacial score (nSPS) is 9.93. The molecule has 1 heterocycles. The molecule has 0 saturated carbocycles. The second kappa shape index (κ2) is 5.54. The monoisotopic (exact) mass is 209 g/mol. The Kier molecular flexibility index (Phi) is 4.32. The van der Waals surface area contributed by atoms with Gasteiger partial charge in [-0.2, -0.15) is 0 Å². The highest BCUT2D eigenvalue weighted by atomic mass is 32.1. The van der Waals surface area contributed by atoms with Gasteiger partial charge in [0.1, 0.15) is 0 Å². The molecule has 14 heavy (non-hydrogen) atoms. The average molecular weight is 209 g/mol. The molecule has 4 heteroatoms. The van der Waals surface area contributed by atoms with Crippen molar-refractivity contribution in [2.24, 2.45) is 5.92 Å². The van der Waals surface area contributed by atoms with Gasteiger partial charge in [0.25, 0.3) is 0 Å². The van der Waals surface area contributed by atoms with Gasteiger partial charge >= 0.3 is 0 Å². The minimum atomic E-state index is 0.587. The van der Waals surface area contributed by atoms with Gasteiger partial charge in [0.2, 0.25) is 0 Å². The standard InChI is InChI=1S/C10H15N3S/c1-8(2)6-12-10(14)13-9-4-3-5-11-7-9/h3-5,7-8H,6H2,1-2H3,(H2,12,13,14). The van der Waals surface area contributed by atoms with Crippen molar-refractivity contribution in [3.8, 4) is 0 Å². The Morgan fingerprint density at radius 2 is 2.36 bits per heavy atom. The quantitative estimate of drug-likeness (QED) is 0.747. The van der Waals surface area contributed by atoms with Gasteiger partial charge in [0.05, 0.1) is 11.9 Å². The third-order valence-corrected chi connectivity index (χ3v) is 1.84. The van der Waals surface area contributed by atoms with Gasteiger partial charge in [-0.15, -0.1) is 0 Å². The minimum absolute atomic E-state index is 0.587. The van der Waals surface area contributed by atoms with Crippen LogP contribution in [0.25, 0.3) is 0 Å². The van der Waals surface area contributed by atoms with Gasteiger partial charge in [-0.1, -0.05) is 13.8 Å². The maximum atomic E-state index is 5.10. The van der Waals surface area contributed by atoms with Gasteiger partial charge in [-0.25, -0.2) is 0 Å². The number of hydrogen-bond acceptors (Lipinski definition) is 2. The van der Waals surface area contributed by atoms with E-state index >= 15 is 0 Å². The van der Waals surface area contributed by atoms with E-state index < -0.39 is 0 Å². The van der Waals surface area contributed by atoms with Gasteiger partial charge < -0.3 is 10.6 Å². The van der Waals surface area contributed by atoms with Crippen LogP contribution in [0.15, 0.2) is 24.5 Å². The van der Waals surface area contributed by atoms with Gasteiger partial charge in [-0.05, 0) is 30.3 Å². The molecule has 0 aromatic carbocycles. The molecule has 0 radical (unpaired) electrons. The van der Waals surface area contributed by atoms with E-state index in [1.807, 2.05) is 12.1 Å². The fraction of sp³-hybridized carbons (Fsp3) is 0.400. The number of pyridine rings is 1. The van der Waals surface area contributed by atoms with Crippen molar-refractivity contribution in [1.82, 2.24) is 10.3 Å². The van der Waals surface area contributed by atoms with Crippen molar-refractivity contribution in [3.63, 3.8) is 0 Å². The van der Waals surface area contributed by atoms with Crippen LogP contribution >= 0.6 is 12.2 Å². The Hall–Kier alpha value is -1.16.